The van der Waals surface area contributed by atoms with E-state index in [2.05, 4.69) is 10.1 Å². The fourth-order valence-electron chi connectivity index (χ4n) is 2.01. The van der Waals surface area contributed by atoms with Crippen molar-refractivity contribution in [2.75, 3.05) is 0 Å². The van der Waals surface area contributed by atoms with Crippen molar-refractivity contribution in [2.24, 2.45) is 0 Å². The maximum absolute atomic E-state index is 12.9. The van der Waals surface area contributed by atoms with Crippen LogP contribution in [0.1, 0.15) is 5.56 Å². The van der Waals surface area contributed by atoms with Crippen LogP contribution in [-0.4, -0.2) is 19.7 Å². The summed E-state index contributed by atoms with van der Waals surface area (Å²) >= 11 is 0. The lowest BCUT2D eigenvalue weighted by Crippen LogP contribution is -2.00. The first-order chi connectivity index (χ1) is 10.6. The Kier molecular flexibility index (Phi) is 3.61. The highest BCUT2D eigenvalue weighted by atomic mass is 19.1. The van der Waals surface area contributed by atoms with E-state index in [4.69, 9.17) is 0 Å². The number of nitro groups is 1. The zero-order valence-corrected chi connectivity index (χ0v) is 11.4. The second-order valence-electron chi connectivity index (χ2n) is 4.70. The largest absolute Gasteiger partial charge is 0.269 e. The van der Waals surface area contributed by atoms with Crippen molar-refractivity contribution in [3.8, 4) is 11.4 Å². The van der Waals surface area contributed by atoms with E-state index >= 15 is 0 Å². The van der Waals surface area contributed by atoms with Gasteiger partial charge in [-0.1, -0.05) is 12.1 Å². The van der Waals surface area contributed by atoms with Gasteiger partial charge in [-0.2, -0.15) is 5.10 Å². The summed E-state index contributed by atoms with van der Waals surface area (Å²) in [7, 11) is 0. The predicted molar refractivity (Wildman–Crippen MR) is 77.6 cm³/mol. The van der Waals surface area contributed by atoms with Gasteiger partial charge in [0.2, 0.25) is 0 Å². The second kappa shape index (κ2) is 5.72. The van der Waals surface area contributed by atoms with E-state index in [1.54, 1.807) is 35.3 Å². The summed E-state index contributed by atoms with van der Waals surface area (Å²) in [6, 6.07) is 12.2. The molecular weight excluding hydrogens is 287 g/mol. The van der Waals surface area contributed by atoms with E-state index in [1.807, 2.05) is 0 Å². The van der Waals surface area contributed by atoms with Gasteiger partial charge in [0.1, 0.15) is 12.1 Å². The molecule has 0 aliphatic rings. The summed E-state index contributed by atoms with van der Waals surface area (Å²) in [4.78, 5) is 14.4. The summed E-state index contributed by atoms with van der Waals surface area (Å²) in [5.74, 6) is 0.200. The summed E-state index contributed by atoms with van der Waals surface area (Å²) in [6.45, 7) is 0.472. The lowest BCUT2D eigenvalue weighted by Gasteiger charge is -2.00. The normalized spacial score (nSPS) is 10.6. The van der Waals surface area contributed by atoms with Crippen LogP contribution >= 0.6 is 0 Å². The highest BCUT2D eigenvalue weighted by Gasteiger charge is 2.08. The Morgan fingerprint density at radius 1 is 1.09 bits per heavy atom. The molecular formula is C15H11FN4O2. The number of benzene rings is 2. The number of non-ortho nitro benzene ring substituents is 1. The molecule has 1 aromatic heterocycles. The molecule has 0 spiro atoms. The van der Waals surface area contributed by atoms with Crippen molar-refractivity contribution < 1.29 is 9.31 Å². The molecule has 0 aliphatic heterocycles. The molecule has 7 heteroatoms. The van der Waals surface area contributed by atoms with Crippen molar-refractivity contribution in [3.05, 3.63) is 76.4 Å². The Labute approximate surface area is 125 Å². The second-order valence-corrected chi connectivity index (χ2v) is 4.70. The highest BCUT2D eigenvalue weighted by molar-refractivity contribution is 5.56. The van der Waals surface area contributed by atoms with Crippen LogP contribution < -0.4 is 0 Å². The van der Waals surface area contributed by atoms with Crippen LogP contribution in [0.15, 0.2) is 54.9 Å². The fraction of sp³-hybridized carbons (Fsp3) is 0.0667. The topological polar surface area (TPSA) is 73.8 Å². The van der Waals surface area contributed by atoms with Crippen LogP contribution in [0, 0.1) is 15.9 Å². The fourth-order valence-corrected chi connectivity index (χ4v) is 2.01. The van der Waals surface area contributed by atoms with Crippen LogP contribution in [-0.2, 0) is 6.54 Å². The van der Waals surface area contributed by atoms with Gasteiger partial charge < -0.3 is 0 Å². The van der Waals surface area contributed by atoms with E-state index in [0.29, 0.717) is 17.9 Å². The number of halogens is 1. The zero-order chi connectivity index (χ0) is 15.5. The monoisotopic (exact) mass is 298 g/mol. The molecule has 0 N–H and O–H groups in total. The highest BCUT2D eigenvalue weighted by Crippen LogP contribution is 2.19. The Balaban J connectivity index is 1.78. The quantitative estimate of drug-likeness (QED) is 0.548. The molecule has 22 heavy (non-hydrogen) atoms. The maximum Gasteiger partial charge on any atom is 0.269 e. The standard InChI is InChI=1S/C15H11FN4O2/c16-13-5-1-11(2-6-13)9-19-10-17-15(18-19)12-3-7-14(8-4-12)20(21)22/h1-8,10H,9H2. The molecule has 6 nitrogen and oxygen atoms in total. The van der Waals surface area contributed by atoms with Crippen LogP contribution in [0.3, 0.4) is 0 Å². The first kappa shape index (κ1) is 13.9. The van der Waals surface area contributed by atoms with Gasteiger partial charge in [-0.15, -0.1) is 0 Å². The average Bonchev–Trinajstić information content (AvgIpc) is 2.98. The van der Waals surface area contributed by atoms with Gasteiger partial charge in [-0.3, -0.25) is 10.1 Å². The van der Waals surface area contributed by atoms with Gasteiger partial charge in [0, 0.05) is 17.7 Å². The molecule has 0 saturated carbocycles. The van der Waals surface area contributed by atoms with Crippen LogP contribution in [0.25, 0.3) is 11.4 Å². The maximum atomic E-state index is 12.9. The SMILES string of the molecule is O=[N+]([O-])c1ccc(-c2ncn(Cc3ccc(F)cc3)n2)cc1. The lowest BCUT2D eigenvalue weighted by molar-refractivity contribution is -0.384. The molecule has 0 aliphatic carbocycles. The molecule has 1 heterocycles. The van der Waals surface area contributed by atoms with Gasteiger partial charge in [-0.05, 0) is 29.8 Å². The van der Waals surface area contributed by atoms with E-state index < -0.39 is 4.92 Å². The molecule has 0 amide bonds. The van der Waals surface area contributed by atoms with Gasteiger partial charge in [-0.25, -0.2) is 14.1 Å². The third-order valence-electron chi connectivity index (χ3n) is 3.13. The average molecular weight is 298 g/mol. The van der Waals surface area contributed by atoms with Gasteiger partial charge >= 0.3 is 0 Å². The first-order valence-electron chi connectivity index (χ1n) is 6.50. The molecule has 0 atom stereocenters. The van der Waals surface area contributed by atoms with Crippen molar-refractivity contribution in [2.45, 2.75) is 6.54 Å². The summed E-state index contributed by atoms with van der Waals surface area (Å²) in [5, 5.41) is 14.9. The molecule has 3 rings (SSSR count). The van der Waals surface area contributed by atoms with Gasteiger partial charge in [0.15, 0.2) is 5.82 Å². The third kappa shape index (κ3) is 2.98. The number of nitro benzene ring substituents is 1. The van der Waals surface area contributed by atoms with Crippen molar-refractivity contribution >= 4 is 5.69 Å². The smallest absolute Gasteiger partial charge is 0.258 e. The predicted octanol–water partition coefficient (Wildman–Crippen LogP) is 3.04. The van der Waals surface area contributed by atoms with E-state index in [1.165, 1.54) is 24.3 Å². The lowest BCUT2D eigenvalue weighted by atomic mass is 10.2. The molecule has 0 fully saturated rings. The molecule has 0 bridgehead atoms. The first-order valence-corrected chi connectivity index (χ1v) is 6.50. The molecule has 110 valence electrons. The summed E-state index contributed by atoms with van der Waals surface area (Å²) in [5.41, 5.74) is 1.62. The number of nitrogens with zero attached hydrogens (tertiary/aromatic N) is 4. The number of rotatable bonds is 4. The summed E-state index contributed by atoms with van der Waals surface area (Å²) < 4.78 is 14.5. The Bertz CT molecular complexity index is 797. The number of hydrogen-bond donors (Lipinski definition) is 0. The Morgan fingerprint density at radius 3 is 2.41 bits per heavy atom. The van der Waals surface area contributed by atoms with Gasteiger partial charge in [0.05, 0.1) is 11.5 Å². The Morgan fingerprint density at radius 2 is 1.77 bits per heavy atom. The zero-order valence-electron chi connectivity index (χ0n) is 11.4. The minimum atomic E-state index is -0.454. The molecule has 0 radical (unpaired) electrons. The van der Waals surface area contributed by atoms with Crippen LogP contribution in [0.5, 0.6) is 0 Å². The van der Waals surface area contributed by atoms with E-state index in [-0.39, 0.29) is 11.5 Å². The number of hydrogen-bond acceptors (Lipinski definition) is 4. The third-order valence-corrected chi connectivity index (χ3v) is 3.13. The molecule has 3 aromatic rings. The van der Waals surface area contributed by atoms with Gasteiger partial charge in [0.25, 0.3) is 5.69 Å². The van der Waals surface area contributed by atoms with Crippen molar-refractivity contribution in [1.82, 2.24) is 14.8 Å². The number of aromatic nitrogens is 3. The van der Waals surface area contributed by atoms with Crippen LogP contribution in [0.2, 0.25) is 0 Å². The van der Waals surface area contributed by atoms with E-state index in [0.717, 1.165) is 5.56 Å². The molecule has 0 saturated heterocycles. The van der Waals surface area contributed by atoms with E-state index in [9.17, 15) is 14.5 Å². The minimum Gasteiger partial charge on any atom is -0.258 e. The summed E-state index contributed by atoms with van der Waals surface area (Å²) in [6.07, 6.45) is 1.57. The minimum absolute atomic E-state index is 0.0227. The van der Waals surface area contributed by atoms with Crippen molar-refractivity contribution in [1.29, 1.82) is 0 Å². The van der Waals surface area contributed by atoms with Crippen LogP contribution in [0.4, 0.5) is 10.1 Å². The Hall–Kier alpha value is -3.09. The molecule has 2 aromatic carbocycles. The molecule has 0 unspecified atom stereocenters. The van der Waals surface area contributed by atoms with Crippen molar-refractivity contribution in [3.63, 3.8) is 0 Å².